The van der Waals surface area contributed by atoms with E-state index < -0.39 is 0 Å². The van der Waals surface area contributed by atoms with Crippen LogP contribution in [0, 0.1) is 6.92 Å². The Hall–Kier alpha value is -4.00. The molecule has 0 saturated heterocycles. The summed E-state index contributed by atoms with van der Waals surface area (Å²) < 4.78 is 1.45. The molecule has 1 unspecified atom stereocenters. The summed E-state index contributed by atoms with van der Waals surface area (Å²) in [5.74, 6) is -0.201. The fraction of sp³-hybridized carbons (Fsp3) is 0.286. The summed E-state index contributed by atoms with van der Waals surface area (Å²) in [6, 6.07) is 18.7. The van der Waals surface area contributed by atoms with Crippen molar-refractivity contribution in [3.8, 4) is 0 Å². The van der Waals surface area contributed by atoms with Crippen molar-refractivity contribution in [2.24, 2.45) is 12.2 Å². The zero-order valence-corrected chi connectivity index (χ0v) is 20.3. The number of ketones is 1. The summed E-state index contributed by atoms with van der Waals surface area (Å²) in [7, 11) is 1.66. The minimum absolute atomic E-state index is 0.0251. The van der Waals surface area contributed by atoms with Gasteiger partial charge in [0.1, 0.15) is 0 Å². The van der Waals surface area contributed by atoms with E-state index in [0.29, 0.717) is 42.6 Å². The molecular formula is C28H31N3O4. The normalized spacial score (nSPS) is 12.3. The van der Waals surface area contributed by atoms with Crippen LogP contribution in [0.15, 0.2) is 76.8 Å². The number of aryl methyl sites for hydroxylation is 2. The van der Waals surface area contributed by atoms with E-state index in [9.17, 15) is 19.6 Å². The zero-order valence-electron chi connectivity index (χ0n) is 20.3. The number of nitrogens with one attached hydrogen (secondary N) is 1. The van der Waals surface area contributed by atoms with Gasteiger partial charge in [0.15, 0.2) is 5.78 Å². The molecule has 0 aliphatic rings. The predicted octanol–water partition coefficient (Wildman–Crippen LogP) is 4.19. The number of oxime groups is 1. The number of benzene rings is 2. The van der Waals surface area contributed by atoms with E-state index in [2.05, 4.69) is 16.5 Å². The molecule has 0 aliphatic heterocycles. The second-order valence-electron chi connectivity index (χ2n) is 8.66. The van der Waals surface area contributed by atoms with E-state index >= 15 is 0 Å². The predicted molar refractivity (Wildman–Crippen MR) is 136 cm³/mol. The molecule has 2 aromatic carbocycles. The van der Waals surface area contributed by atoms with Crippen LogP contribution in [0.3, 0.4) is 0 Å². The van der Waals surface area contributed by atoms with E-state index in [1.807, 2.05) is 49.4 Å². The standard InChI is InChI=1S/C28H31N3O4/c1-19-7-4-5-8-24(19)25(17-26(30-35)23-14-15-28(34)31(3)18-23)21-10-12-22(13-11-21)27(33)9-6-16-29-20(2)32/h4-5,7-8,10-15,18,25,35H,6,9,16-17H2,1-3H3,(H,29,32)/b30-26+. The molecule has 0 aliphatic carbocycles. The fourth-order valence-corrected chi connectivity index (χ4v) is 4.12. The van der Waals surface area contributed by atoms with Crippen LogP contribution in [-0.2, 0) is 11.8 Å². The molecule has 1 amide bonds. The Morgan fingerprint density at radius 3 is 2.34 bits per heavy atom. The number of hydrogen-bond acceptors (Lipinski definition) is 5. The van der Waals surface area contributed by atoms with Gasteiger partial charge in [-0.05, 0) is 36.1 Å². The lowest BCUT2D eigenvalue weighted by molar-refractivity contribution is -0.118. The van der Waals surface area contributed by atoms with Crippen molar-refractivity contribution < 1.29 is 14.8 Å². The van der Waals surface area contributed by atoms with Gasteiger partial charge in [-0.2, -0.15) is 0 Å². The first-order valence-electron chi connectivity index (χ1n) is 11.6. The van der Waals surface area contributed by atoms with Crippen LogP contribution in [0.5, 0.6) is 0 Å². The van der Waals surface area contributed by atoms with Crippen molar-refractivity contribution in [3.05, 3.63) is 105 Å². The van der Waals surface area contributed by atoms with Gasteiger partial charge in [-0.25, -0.2) is 0 Å². The number of nitrogens with zero attached hydrogens (tertiary/aromatic N) is 2. The van der Waals surface area contributed by atoms with Crippen LogP contribution in [-0.4, -0.2) is 33.7 Å². The topological polar surface area (TPSA) is 101 Å². The van der Waals surface area contributed by atoms with Crippen molar-refractivity contribution in [2.75, 3.05) is 6.54 Å². The first kappa shape index (κ1) is 25.6. The Morgan fingerprint density at radius 1 is 1.03 bits per heavy atom. The smallest absolute Gasteiger partial charge is 0.250 e. The van der Waals surface area contributed by atoms with E-state index in [4.69, 9.17) is 0 Å². The highest BCUT2D eigenvalue weighted by molar-refractivity contribution is 6.00. The molecule has 3 rings (SSSR count). The Morgan fingerprint density at radius 2 is 1.71 bits per heavy atom. The van der Waals surface area contributed by atoms with Crippen LogP contribution in [0.2, 0.25) is 0 Å². The van der Waals surface area contributed by atoms with Gasteiger partial charge in [0, 0.05) is 62.7 Å². The minimum Gasteiger partial charge on any atom is -0.411 e. The molecule has 0 bridgehead atoms. The third-order valence-corrected chi connectivity index (χ3v) is 6.09. The summed E-state index contributed by atoms with van der Waals surface area (Å²) in [5.41, 5.74) is 4.79. The highest BCUT2D eigenvalue weighted by Gasteiger charge is 2.21. The van der Waals surface area contributed by atoms with Crippen molar-refractivity contribution in [2.45, 2.75) is 39.0 Å². The molecule has 1 aromatic heterocycles. The molecule has 3 aromatic rings. The Labute approximate surface area is 205 Å². The molecule has 35 heavy (non-hydrogen) atoms. The molecule has 0 radical (unpaired) electrons. The van der Waals surface area contributed by atoms with Crippen LogP contribution in [0.1, 0.15) is 64.7 Å². The maximum Gasteiger partial charge on any atom is 0.250 e. The quantitative estimate of drug-likeness (QED) is 0.152. The van der Waals surface area contributed by atoms with E-state index in [0.717, 1.165) is 16.7 Å². The summed E-state index contributed by atoms with van der Waals surface area (Å²) in [5, 5.41) is 16.1. The second-order valence-corrected chi connectivity index (χ2v) is 8.66. The summed E-state index contributed by atoms with van der Waals surface area (Å²) in [6.45, 7) is 3.97. The Balaban J connectivity index is 1.87. The third-order valence-electron chi connectivity index (χ3n) is 6.09. The highest BCUT2D eigenvalue weighted by Crippen LogP contribution is 2.32. The average molecular weight is 474 g/mol. The molecule has 0 saturated carbocycles. The monoisotopic (exact) mass is 473 g/mol. The SMILES string of the molecule is CC(=O)NCCCC(=O)c1ccc(C(C/C(=N\O)c2ccc(=O)n(C)c2)c2ccccc2C)cc1. The van der Waals surface area contributed by atoms with Gasteiger partial charge >= 0.3 is 0 Å². The summed E-state index contributed by atoms with van der Waals surface area (Å²) in [4.78, 5) is 35.4. The molecule has 0 spiro atoms. The molecular weight excluding hydrogens is 442 g/mol. The van der Waals surface area contributed by atoms with Gasteiger partial charge in [0.05, 0.1) is 5.71 Å². The van der Waals surface area contributed by atoms with Gasteiger partial charge in [-0.3, -0.25) is 14.4 Å². The van der Waals surface area contributed by atoms with Crippen LogP contribution in [0.25, 0.3) is 0 Å². The van der Waals surface area contributed by atoms with Crippen molar-refractivity contribution in [1.82, 2.24) is 9.88 Å². The molecule has 0 fully saturated rings. The maximum absolute atomic E-state index is 12.6. The first-order chi connectivity index (χ1) is 16.8. The Kier molecular flexibility index (Phi) is 8.73. The Bertz CT molecular complexity index is 1280. The lowest BCUT2D eigenvalue weighted by Gasteiger charge is -2.21. The highest BCUT2D eigenvalue weighted by atomic mass is 16.4. The largest absolute Gasteiger partial charge is 0.411 e. The fourth-order valence-electron chi connectivity index (χ4n) is 4.12. The second kappa shape index (κ2) is 11.9. The number of amides is 1. The number of Topliss-reactive ketones (excluding diaryl/α,β-unsaturated/α-hetero) is 1. The first-order valence-corrected chi connectivity index (χ1v) is 11.6. The van der Waals surface area contributed by atoms with E-state index in [1.54, 1.807) is 19.3 Å². The number of rotatable bonds is 10. The molecule has 2 N–H and O–H groups in total. The van der Waals surface area contributed by atoms with Crippen molar-refractivity contribution in [3.63, 3.8) is 0 Å². The third kappa shape index (κ3) is 6.76. The number of carbonyl (C=O) groups excluding carboxylic acids is 2. The number of hydrogen-bond donors (Lipinski definition) is 2. The van der Waals surface area contributed by atoms with Gasteiger partial charge < -0.3 is 15.1 Å². The maximum atomic E-state index is 12.6. The van der Waals surface area contributed by atoms with Crippen LogP contribution >= 0.6 is 0 Å². The van der Waals surface area contributed by atoms with Gasteiger partial charge in [-0.1, -0.05) is 53.7 Å². The average Bonchev–Trinajstić information content (AvgIpc) is 2.85. The number of pyridine rings is 1. The van der Waals surface area contributed by atoms with Gasteiger partial charge in [0.25, 0.3) is 0 Å². The minimum atomic E-state index is -0.140. The van der Waals surface area contributed by atoms with Crippen molar-refractivity contribution >= 4 is 17.4 Å². The molecule has 1 atom stereocenters. The lowest BCUT2D eigenvalue weighted by atomic mass is 9.83. The van der Waals surface area contributed by atoms with E-state index in [-0.39, 0.29) is 23.2 Å². The molecule has 7 heteroatoms. The molecule has 182 valence electrons. The van der Waals surface area contributed by atoms with Gasteiger partial charge in [-0.15, -0.1) is 0 Å². The summed E-state index contributed by atoms with van der Waals surface area (Å²) in [6.07, 6.45) is 3.01. The van der Waals surface area contributed by atoms with Crippen LogP contribution < -0.4 is 10.9 Å². The molecule has 7 nitrogen and oxygen atoms in total. The van der Waals surface area contributed by atoms with Crippen LogP contribution in [0.4, 0.5) is 0 Å². The number of aromatic nitrogens is 1. The lowest BCUT2D eigenvalue weighted by Crippen LogP contribution is -2.21. The van der Waals surface area contributed by atoms with Gasteiger partial charge in [0.2, 0.25) is 11.5 Å². The van der Waals surface area contributed by atoms with E-state index in [1.165, 1.54) is 17.6 Å². The number of carbonyl (C=O) groups is 2. The molecule has 1 heterocycles. The van der Waals surface area contributed by atoms with Crippen molar-refractivity contribution in [1.29, 1.82) is 0 Å². The zero-order chi connectivity index (χ0) is 25.4. The summed E-state index contributed by atoms with van der Waals surface area (Å²) >= 11 is 0.